The van der Waals surface area contributed by atoms with Gasteiger partial charge < -0.3 is 16.3 Å². The molecule has 0 bridgehead atoms. The monoisotopic (exact) mass is 227 g/mol. The van der Waals surface area contributed by atoms with Gasteiger partial charge in [-0.1, -0.05) is 24.4 Å². The number of nitrogens with zero attached hydrogens (tertiary/aromatic N) is 1. The normalized spacial score (nSPS) is 20.9. The highest BCUT2D eigenvalue weighted by atomic mass is 16.4. The Bertz CT molecular complexity index is 212. The van der Waals surface area contributed by atoms with Crippen molar-refractivity contribution in [3.63, 3.8) is 0 Å². The van der Waals surface area contributed by atoms with Crippen LogP contribution in [0.15, 0.2) is 5.16 Å². The molecule has 1 atom stereocenters. The van der Waals surface area contributed by atoms with Crippen molar-refractivity contribution in [3.05, 3.63) is 0 Å². The van der Waals surface area contributed by atoms with E-state index in [1.807, 2.05) is 0 Å². The Morgan fingerprint density at radius 1 is 1.44 bits per heavy atom. The van der Waals surface area contributed by atoms with Gasteiger partial charge >= 0.3 is 0 Å². The summed E-state index contributed by atoms with van der Waals surface area (Å²) in [6, 6.07) is 0.604. The summed E-state index contributed by atoms with van der Waals surface area (Å²) in [6.45, 7) is 3.23. The second-order valence-electron chi connectivity index (χ2n) is 4.84. The first-order chi connectivity index (χ1) is 7.74. The van der Waals surface area contributed by atoms with Gasteiger partial charge in [0, 0.05) is 12.5 Å². The Hall–Kier alpha value is -0.770. The second-order valence-corrected chi connectivity index (χ2v) is 4.84. The van der Waals surface area contributed by atoms with E-state index < -0.39 is 0 Å². The van der Waals surface area contributed by atoms with Gasteiger partial charge in [0.2, 0.25) is 0 Å². The highest BCUT2D eigenvalue weighted by molar-refractivity contribution is 5.79. The summed E-state index contributed by atoms with van der Waals surface area (Å²) in [6.07, 6.45) is 8.53. The molecule has 0 aromatic heterocycles. The van der Waals surface area contributed by atoms with E-state index in [0.29, 0.717) is 18.3 Å². The molecule has 0 aromatic rings. The first kappa shape index (κ1) is 13.3. The van der Waals surface area contributed by atoms with Crippen molar-refractivity contribution in [1.29, 1.82) is 0 Å². The van der Waals surface area contributed by atoms with Crippen molar-refractivity contribution < 1.29 is 5.21 Å². The molecule has 16 heavy (non-hydrogen) atoms. The van der Waals surface area contributed by atoms with Crippen LogP contribution in [0.1, 0.15) is 51.9 Å². The average molecular weight is 227 g/mol. The minimum Gasteiger partial charge on any atom is -0.409 e. The summed E-state index contributed by atoms with van der Waals surface area (Å²) in [4.78, 5) is 0. The standard InChI is InChI=1S/C12H25N3O/c1-10(11-6-3-2-4-7-11)14-9-5-8-12(13)15-16/h10-11,14,16H,2-9H2,1H3,(H2,13,15). The Morgan fingerprint density at radius 3 is 2.75 bits per heavy atom. The number of hydrogen-bond acceptors (Lipinski definition) is 3. The van der Waals surface area contributed by atoms with E-state index in [0.717, 1.165) is 18.9 Å². The number of hydrogen-bond donors (Lipinski definition) is 3. The molecule has 4 heteroatoms. The molecule has 0 spiro atoms. The van der Waals surface area contributed by atoms with Crippen molar-refractivity contribution in [2.75, 3.05) is 6.54 Å². The number of amidine groups is 1. The van der Waals surface area contributed by atoms with Gasteiger partial charge in [0.25, 0.3) is 0 Å². The van der Waals surface area contributed by atoms with E-state index in [9.17, 15) is 0 Å². The van der Waals surface area contributed by atoms with Gasteiger partial charge in [-0.25, -0.2) is 0 Å². The van der Waals surface area contributed by atoms with Crippen molar-refractivity contribution in [3.8, 4) is 0 Å². The summed E-state index contributed by atoms with van der Waals surface area (Å²) < 4.78 is 0. The van der Waals surface area contributed by atoms with Crippen LogP contribution in [0.3, 0.4) is 0 Å². The maximum atomic E-state index is 8.39. The van der Waals surface area contributed by atoms with Crippen LogP contribution >= 0.6 is 0 Å². The maximum absolute atomic E-state index is 8.39. The lowest BCUT2D eigenvalue weighted by atomic mass is 9.84. The first-order valence-corrected chi connectivity index (χ1v) is 6.44. The van der Waals surface area contributed by atoms with E-state index in [1.54, 1.807) is 0 Å². The number of nitrogens with one attached hydrogen (secondary N) is 1. The fourth-order valence-electron chi connectivity index (χ4n) is 2.45. The summed E-state index contributed by atoms with van der Waals surface area (Å²) in [5, 5.41) is 14.9. The molecule has 94 valence electrons. The van der Waals surface area contributed by atoms with Crippen molar-refractivity contribution in [1.82, 2.24) is 5.32 Å². The van der Waals surface area contributed by atoms with Gasteiger partial charge in [-0.15, -0.1) is 0 Å². The molecule has 1 aliphatic carbocycles. The molecule has 0 amide bonds. The number of nitrogens with two attached hydrogens (primary N) is 1. The quantitative estimate of drug-likeness (QED) is 0.214. The predicted octanol–water partition coefficient (Wildman–Crippen LogP) is 2.07. The molecule has 1 saturated carbocycles. The zero-order chi connectivity index (χ0) is 11.8. The largest absolute Gasteiger partial charge is 0.409 e. The molecule has 1 aliphatic rings. The second kappa shape index (κ2) is 7.49. The molecule has 1 unspecified atom stereocenters. The fourth-order valence-corrected chi connectivity index (χ4v) is 2.45. The number of rotatable bonds is 6. The Labute approximate surface area is 98.3 Å². The van der Waals surface area contributed by atoms with Crippen LogP contribution in [-0.4, -0.2) is 23.6 Å². The SMILES string of the molecule is CC(NCCCC(N)=NO)C1CCCCC1. The average Bonchev–Trinajstić information content (AvgIpc) is 2.35. The van der Waals surface area contributed by atoms with E-state index >= 15 is 0 Å². The molecule has 0 aliphatic heterocycles. The van der Waals surface area contributed by atoms with Gasteiger partial charge in [0.15, 0.2) is 0 Å². The van der Waals surface area contributed by atoms with Crippen LogP contribution in [0.5, 0.6) is 0 Å². The van der Waals surface area contributed by atoms with E-state index in [-0.39, 0.29) is 0 Å². The molecule has 0 heterocycles. The molecule has 0 radical (unpaired) electrons. The van der Waals surface area contributed by atoms with Crippen LogP contribution in [0.4, 0.5) is 0 Å². The lowest BCUT2D eigenvalue weighted by molar-refractivity contribution is 0.281. The van der Waals surface area contributed by atoms with Crippen LogP contribution in [0.2, 0.25) is 0 Å². The van der Waals surface area contributed by atoms with E-state index in [1.165, 1.54) is 32.1 Å². The fraction of sp³-hybridized carbons (Fsp3) is 0.917. The highest BCUT2D eigenvalue weighted by Crippen LogP contribution is 2.26. The van der Waals surface area contributed by atoms with Gasteiger partial charge in [-0.05, 0) is 38.6 Å². The van der Waals surface area contributed by atoms with Gasteiger partial charge in [0.1, 0.15) is 5.84 Å². The zero-order valence-electron chi connectivity index (χ0n) is 10.3. The van der Waals surface area contributed by atoms with Crippen LogP contribution in [0, 0.1) is 5.92 Å². The third-order valence-corrected chi connectivity index (χ3v) is 3.56. The first-order valence-electron chi connectivity index (χ1n) is 6.44. The molecule has 0 saturated heterocycles. The zero-order valence-corrected chi connectivity index (χ0v) is 10.3. The third kappa shape index (κ3) is 4.84. The topological polar surface area (TPSA) is 70.6 Å². The molecule has 4 N–H and O–H groups in total. The molecule has 1 fully saturated rings. The van der Waals surface area contributed by atoms with Gasteiger partial charge in [-0.3, -0.25) is 0 Å². The minimum absolute atomic E-state index is 0.326. The van der Waals surface area contributed by atoms with Gasteiger partial charge in [0.05, 0.1) is 0 Å². The van der Waals surface area contributed by atoms with Crippen molar-refractivity contribution >= 4 is 5.84 Å². The minimum atomic E-state index is 0.326. The summed E-state index contributed by atoms with van der Waals surface area (Å²) in [7, 11) is 0. The number of oxime groups is 1. The summed E-state index contributed by atoms with van der Waals surface area (Å²) in [5.74, 6) is 1.17. The highest BCUT2D eigenvalue weighted by Gasteiger charge is 2.18. The Kier molecular flexibility index (Phi) is 6.23. The third-order valence-electron chi connectivity index (χ3n) is 3.56. The molecule has 1 rings (SSSR count). The Balaban J connectivity index is 2.07. The van der Waals surface area contributed by atoms with Crippen LogP contribution in [-0.2, 0) is 0 Å². The maximum Gasteiger partial charge on any atom is 0.139 e. The van der Waals surface area contributed by atoms with Crippen molar-refractivity contribution in [2.24, 2.45) is 16.8 Å². The lowest BCUT2D eigenvalue weighted by Gasteiger charge is -2.28. The smallest absolute Gasteiger partial charge is 0.139 e. The molecule has 0 aromatic carbocycles. The molecular weight excluding hydrogens is 202 g/mol. The Morgan fingerprint density at radius 2 is 2.12 bits per heavy atom. The van der Waals surface area contributed by atoms with Crippen LogP contribution in [0.25, 0.3) is 0 Å². The molecule has 4 nitrogen and oxygen atoms in total. The summed E-state index contributed by atoms with van der Waals surface area (Å²) in [5.41, 5.74) is 5.40. The van der Waals surface area contributed by atoms with Gasteiger partial charge in [-0.2, -0.15) is 0 Å². The molecular formula is C12H25N3O. The van der Waals surface area contributed by atoms with E-state index in [2.05, 4.69) is 17.4 Å². The summed E-state index contributed by atoms with van der Waals surface area (Å²) >= 11 is 0. The lowest BCUT2D eigenvalue weighted by Crippen LogP contribution is -2.35. The van der Waals surface area contributed by atoms with E-state index in [4.69, 9.17) is 10.9 Å². The predicted molar refractivity (Wildman–Crippen MR) is 66.7 cm³/mol. The van der Waals surface area contributed by atoms with Crippen LogP contribution < -0.4 is 11.1 Å². The van der Waals surface area contributed by atoms with Crippen molar-refractivity contribution in [2.45, 2.75) is 57.9 Å².